The molecule has 106 valence electrons. The van der Waals surface area contributed by atoms with Crippen LogP contribution < -0.4 is 10.6 Å². The van der Waals surface area contributed by atoms with Crippen molar-refractivity contribution < 1.29 is 4.79 Å². The first-order valence-corrected chi connectivity index (χ1v) is 7.37. The van der Waals surface area contributed by atoms with Crippen molar-refractivity contribution >= 4 is 18.3 Å². The highest BCUT2D eigenvalue weighted by Crippen LogP contribution is 2.18. The van der Waals surface area contributed by atoms with Crippen LogP contribution in [0.15, 0.2) is 0 Å². The number of piperidine rings is 1. The average molecular weight is 275 g/mol. The molecular weight excluding hydrogens is 248 g/mol. The summed E-state index contributed by atoms with van der Waals surface area (Å²) >= 11 is 0. The van der Waals surface area contributed by atoms with E-state index in [1.165, 1.54) is 44.9 Å². The summed E-state index contributed by atoms with van der Waals surface area (Å²) in [7, 11) is 0. The van der Waals surface area contributed by atoms with Crippen molar-refractivity contribution in [2.45, 2.75) is 63.8 Å². The van der Waals surface area contributed by atoms with Crippen LogP contribution in [-0.4, -0.2) is 25.0 Å². The smallest absolute Gasteiger partial charge is 0.223 e. The molecular formula is C14H27ClN2O. The quantitative estimate of drug-likeness (QED) is 0.813. The van der Waals surface area contributed by atoms with E-state index < -0.39 is 0 Å². The summed E-state index contributed by atoms with van der Waals surface area (Å²) in [5, 5.41) is 6.60. The third-order valence-corrected chi connectivity index (χ3v) is 4.16. The molecule has 0 unspecified atom stereocenters. The fourth-order valence-corrected chi connectivity index (χ4v) is 3.00. The van der Waals surface area contributed by atoms with Crippen molar-refractivity contribution in [3.8, 4) is 0 Å². The van der Waals surface area contributed by atoms with E-state index in [1.54, 1.807) is 0 Å². The highest BCUT2D eigenvalue weighted by atomic mass is 35.5. The highest BCUT2D eigenvalue weighted by Gasteiger charge is 2.23. The Bertz CT molecular complexity index is 234. The number of rotatable bonds is 2. The molecule has 1 saturated carbocycles. The zero-order valence-electron chi connectivity index (χ0n) is 11.2. The maximum Gasteiger partial charge on any atom is 0.223 e. The third kappa shape index (κ3) is 5.15. The third-order valence-electron chi connectivity index (χ3n) is 4.16. The molecule has 0 aromatic rings. The molecule has 0 bridgehead atoms. The lowest BCUT2D eigenvalue weighted by atomic mass is 9.94. The summed E-state index contributed by atoms with van der Waals surface area (Å²) in [6.07, 6.45) is 11.1. The van der Waals surface area contributed by atoms with E-state index >= 15 is 0 Å². The van der Waals surface area contributed by atoms with Crippen molar-refractivity contribution in [1.82, 2.24) is 10.6 Å². The Kier molecular flexibility index (Phi) is 7.68. The van der Waals surface area contributed by atoms with Crippen LogP contribution in [0.25, 0.3) is 0 Å². The van der Waals surface area contributed by atoms with Crippen LogP contribution in [0.5, 0.6) is 0 Å². The number of carbonyl (C=O) groups excluding carboxylic acids is 1. The molecule has 0 atom stereocenters. The van der Waals surface area contributed by atoms with Crippen LogP contribution in [0.2, 0.25) is 0 Å². The second-order valence-electron chi connectivity index (χ2n) is 5.57. The molecule has 2 rings (SSSR count). The largest absolute Gasteiger partial charge is 0.353 e. The second-order valence-corrected chi connectivity index (χ2v) is 5.57. The van der Waals surface area contributed by atoms with Crippen LogP contribution >= 0.6 is 12.4 Å². The van der Waals surface area contributed by atoms with Gasteiger partial charge in [0.25, 0.3) is 0 Å². The summed E-state index contributed by atoms with van der Waals surface area (Å²) in [6, 6.07) is 0.456. The van der Waals surface area contributed by atoms with Gasteiger partial charge in [0.2, 0.25) is 5.91 Å². The Labute approximate surface area is 117 Å². The van der Waals surface area contributed by atoms with E-state index in [2.05, 4.69) is 10.6 Å². The number of nitrogens with one attached hydrogen (secondary N) is 2. The molecule has 0 spiro atoms. The molecule has 2 aliphatic rings. The molecule has 0 radical (unpaired) electrons. The molecule has 18 heavy (non-hydrogen) atoms. The second kappa shape index (κ2) is 8.76. The number of carbonyl (C=O) groups is 1. The van der Waals surface area contributed by atoms with Crippen LogP contribution in [0.1, 0.15) is 57.8 Å². The zero-order chi connectivity index (χ0) is 11.9. The van der Waals surface area contributed by atoms with E-state index in [0.29, 0.717) is 11.9 Å². The SMILES string of the molecule is Cl.O=C(NC1CCCCCCC1)C1CCNCC1. The van der Waals surface area contributed by atoms with Crippen molar-refractivity contribution in [2.24, 2.45) is 5.92 Å². The molecule has 0 aromatic carbocycles. The van der Waals surface area contributed by atoms with Gasteiger partial charge in [-0.2, -0.15) is 0 Å². The summed E-state index contributed by atoms with van der Waals surface area (Å²) < 4.78 is 0. The Balaban J connectivity index is 0.00000162. The van der Waals surface area contributed by atoms with E-state index in [-0.39, 0.29) is 18.3 Å². The van der Waals surface area contributed by atoms with Gasteiger partial charge in [0.1, 0.15) is 0 Å². The van der Waals surface area contributed by atoms with Gasteiger partial charge in [-0.05, 0) is 38.8 Å². The number of halogens is 1. The predicted molar refractivity (Wildman–Crippen MR) is 77.1 cm³/mol. The molecule has 1 amide bonds. The minimum absolute atomic E-state index is 0. The maximum absolute atomic E-state index is 12.1. The van der Waals surface area contributed by atoms with Crippen LogP contribution in [0.4, 0.5) is 0 Å². The summed E-state index contributed by atoms with van der Waals surface area (Å²) in [4.78, 5) is 12.1. The van der Waals surface area contributed by atoms with Crippen LogP contribution in [-0.2, 0) is 4.79 Å². The molecule has 1 heterocycles. The number of hydrogen-bond acceptors (Lipinski definition) is 2. The molecule has 2 N–H and O–H groups in total. The van der Waals surface area contributed by atoms with Gasteiger partial charge < -0.3 is 10.6 Å². The van der Waals surface area contributed by atoms with E-state index in [9.17, 15) is 4.79 Å². The van der Waals surface area contributed by atoms with E-state index in [0.717, 1.165) is 25.9 Å². The molecule has 0 aromatic heterocycles. The van der Waals surface area contributed by atoms with Gasteiger partial charge in [0.05, 0.1) is 0 Å². The molecule has 1 saturated heterocycles. The highest BCUT2D eigenvalue weighted by molar-refractivity contribution is 5.85. The zero-order valence-corrected chi connectivity index (χ0v) is 12.1. The first-order chi connectivity index (χ1) is 8.36. The van der Waals surface area contributed by atoms with E-state index in [4.69, 9.17) is 0 Å². The Hall–Kier alpha value is -0.280. The Morgan fingerprint density at radius 2 is 1.44 bits per heavy atom. The van der Waals surface area contributed by atoms with Gasteiger partial charge in [-0.15, -0.1) is 12.4 Å². The van der Waals surface area contributed by atoms with Gasteiger partial charge in [-0.1, -0.05) is 32.1 Å². The van der Waals surface area contributed by atoms with Crippen molar-refractivity contribution in [3.05, 3.63) is 0 Å². The predicted octanol–water partition coefficient (Wildman–Crippen LogP) is 2.64. The van der Waals surface area contributed by atoms with Gasteiger partial charge in [0, 0.05) is 12.0 Å². The maximum atomic E-state index is 12.1. The van der Waals surface area contributed by atoms with Crippen LogP contribution in [0, 0.1) is 5.92 Å². The topological polar surface area (TPSA) is 41.1 Å². The molecule has 1 aliphatic heterocycles. The fraction of sp³-hybridized carbons (Fsp3) is 0.929. The fourth-order valence-electron chi connectivity index (χ4n) is 3.00. The van der Waals surface area contributed by atoms with Crippen molar-refractivity contribution in [2.75, 3.05) is 13.1 Å². The summed E-state index contributed by atoms with van der Waals surface area (Å²) in [6.45, 7) is 2.01. The normalized spacial score (nSPS) is 23.6. The van der Waals surface area contributed by atoms with Gasteiger partial charge in [-0.25, -0.2) is 0 Å². The first kappa shape index (κ1) is 15.8. The van der Waals surface area contributed by atoms with Gasteiger partial charge >= 0.3 is 0 Å². The lowest BCUT2D eigenvalue weighted by Crippen LogP contribution is -2.42. The van der Waals surface area contributed by atoms with Gasteiger partial charge in [-0.3, -0.25) is 4.79 Å². The monoisotopic (exact) mass is 274 g/mol. The lowest BCUT2D eigenvalue weighted by Gasteiger charge is -2.26. The lowest BCUT2D eigenvalue weighted by molar-refractivity contribution is -0.126. The molecule has 4 heteroatoms. The van der Waals surface area contributed by atoms with E-state index in [1.807, 2.05) is 0 Å². The summed E-state index contributed by atoms with van der Waals surface area (Å²) in [5.74, 6) is 0.582. The first-order valence-electron chi connectivity index (χ1n) is 7.37. The van der Waals surface area contributed by atoms with Crippen molar-refractivity contribution in [1.29, 1.82) is 0 Å². The number of amides is 1. The summed E-state index contributed by atoms with van der Waals surface area (Å²) in [5.41, 5.74) is 0. The Morgan fingerprint density at radius 3 is 2.06 bits per heavy atom. The van der Waals surface area contributed by atoms with Gasteiger partial charge in [0.15, 0.2) is 0 Å². The van der Waals surface area contributed by atoms with Crippen LogP contribution in [0.3, 0.4) is 0 Å². The van der Waals surface area contributed by atoms with Crippen molar-refractivity contribution in [3.63, 3.8) is 0 Å². The Morgan fingerprint density at radius 1 is 0.889 bits per heavy atom. The molecule has 3 nitrogen and oxygen atoms in total. The minimum Gasteiger partial charge on any atom is -0.353 e. The molecule has 1 aliphatic carbocycles. The molecule has 2 fully saturated rings. The minimum atomic E-state index is 0. The average Bonchev–Trinajstić information content (AvgIpc) is 2.33. The standard InChI is InChI=1S/C14H26N2O.ClH/c17-14(12-8-10-15-11-9-12)16-13-6-4-2-1-3-5-7-13;/h12-13,15H,1-11H2,(H,16,17);1H. The number of hydrogen-bond donors (Lipinski definition) is 2.